The van der Waals surface area contributed by atoms with Crippen molar-refractivity contribution in [1.82, 2.24) is 0 Å². The van der Waals surface area contributed by atoms with Gasteiger partial charge in [0.1, 0.15) is 0 Å². The average molecular weight is 401 g/mol. The number of carbonyl (C=O) groups excluding carboxylic acids is 1. The molecule has 0 fully saturated rings. The van der Waals surface area contributed by atoms with E-state index < -0.39 is 4.92 Å². The number of anilines is 3. The first-order valence-electron chi connectivity index (χ1n) is 9.62. The monoisotopic (exact) mass is 401 g/mol. The average Bonchev–Trinajstić information content (AvgIpc) is 2.74. The molecule has 30 heavy (non-hydrogen) atoms. The van der Waals surface area contributed by atoms with Gasteiger partial charge in [-0.1, -0.05) is 30.3 Å². The maximum Gasteiger partial charge on any atom is 0.276 e. The van der Waals surface area contributed by atoms with Crippen LogP contribution < -0.4 is 10.2 Å². The molecule has 0 aliphatic carbocycles. The number of nitrogens with zero attached hydrogens (tertiary/aromatic N) is 2. The smallest absolute Gasteiger partial charge is 0.276 e. The van der Waals surface area contributed by atoms with Gasteiger partial charge in [0.05, 0.1) is 10.5 Å². The van der Waals surface area contributed by atoms with Crippen molar-refractivity contribution in [3.8, 4) is 0 Å². The van der Waals surface area contributed by atoms with Gasteiger partial charge >= 0.3 is 0 Å². The zero-order valence-electron chi connectivity index (χ0n) is 16.9. The molecule has 152 valence electrons. The van der Waals surface area contributed by atoms with Crippen LogP contribution >= 0.6 is 0 Å². The molecule has 0 saturated heterocycles. The van der Waals surface area contributed by atoms with E-state index >= 15 is 0 Å². The zero-order chi connectivity index (χ0) is 21.5. The number of benzene rings is 3. The number of nitrogens with one attached hydrogen (secondary N) is 1. The van der Waals surface area contributed by atoms with Crippen LogP contribution in [0.25, 0.3) is 6.08 Å². The summed E-state index contributed by atoms with van der Waals surface area (Å²) in [5, 5.41) is 13.8. The van der Waals surface area contributed by atoms with Crippen LogP contribution in [0.2, 0.25) is 0 Å². The van der Waals surface area contributed by atoms with Gasteiger partial charge in [0.2, 0.25) is 5.91 Å². The first-order chi connectivity index (χ1) is 14.5. The third kappa shape index (κ3) is 5.11. The minimum atomic E-state index is -0.469. The van der Waals surface area contributed by atoms with Crippen molar-refractivity contribution in [1.29, 1.82) is 0 Å². The third-order valence-corrected chi connectivity index (χ3v) is 4.51. The first-order valence-corrected chi connectivity index (χ1v) is 9.62. The summed E-state index contributed by atoms with van der Waals surface area (Å²) in [5.74, 6) is -0.357. The van der Waals surface area contributed by atoms with E-state index in [2.05, 4.69) is 36.2 Å². The normalized spacial score (nSPS) is 10.9. The fraction of sp³-hybridized carbons (Fsp3) is 0.125. The Morgan fingerprint density at radius 1 is 0.933 bits per heavy atom. The Kier molecular flexibility index (Phi) is 6.60. The van der Waals surface area contributed by atoms with Gasteiger partial charge in [0.25, 0.3) is 5.69 Å². The summed E-state index contributed by atoms with van der Waals surface area (Å²) in [6, 6.07) is 24.2. The molecular weight excluding hydrogens is 378 g/mol. The van der Waals surface area contributed by atoms with Gasteiger partial charge in [0, 0.05) is 35.2 Å². The standard InChI is InChI=1S/C24H23N3O3/c1-18(2)26(21-9-4-3-5-10-21)22-15-13-20(14-16-22)25-24(28)17-12-19-8-6-7-11-23(19)27(29)30/h3-18H,1-2H3,(H,25,28). The number of hydrogen-bond donors (Lipinski definition) is 1. The molecule has 6 heteroatoms. The van der Waals surface area contributed by atoms with Crippen molar-refractivity contribution >= 4 is 34.7 Å². The van der Waals surface area contributed by atoms with Gasteiger partial charge < -0.3 is 10.2 Å². The van der Waals surface area contributed by atoms with Crippen LogP contribution in [0, 0.1) is 10.1 Å². The minimum Gasteiger partial charge on any atom is -0.339 e. The van der Waals surface area contributed by atoms with E-state index in [0.717, 1.165) is 11.4 Å². The molecule has 1 amide bonds. The van der Waals surface area contributed by atoms with Gasteiger partial charge in [-0.2, -0.15) is 0 Å². The highest BCUT2D eigenvalue weighted by Gasteiger charge is 2.13. The Morgan fingerprint density at radius 2 is 1.53 bits per heavy atom. The van der Waals surface area contributed by atoms with Crippen LogP contribution in [0.1, 0.15) is 19.4 Å². The SMILES string of the molecule is CC(C)N(c1ccccc1)c1ccc(NC(=O)C=Cc2ccccc2[N+](=O)[O-])cc1. The molecule has 0 aliphatic rings. The summed E-state index contributed by atoms with van der Waals surface area (Å²) in [6.45, 7) is 4.24. The van der Waals surface area contributed by atoms with Crippen molar-refractivity contribution in [2.45, 2.75) is 19.9 Å². The van der Waals surface area contributed by atoms with E-state index in [1.165, 1.54) is 18.2 Å². The Bertz CT molecular complexity index is 1040. The molecule has 0 aromatic heterocycles. The highest BCUT2D eigenvalue weighted by atomic mass is 16.6. The lowest BCUT2D eigenvalue weighted by atomic mass is 10.1. The second-order valence-corrected chi connectivity index (χ2v) is 6.98. The van der Waals surface area contributed by atoms with Crippen molar-refractivity contribution in [2.75, 3.05) is 10.2 Å². The lowest BCUT2D eigenvalue weighted by Crippen LogP contribution is -2.25. The molecule has 0 spiro atoms. The van der Waals surface area contributed by atoms with Crippen LogP contribution in [0.4, 0.5) is 22.7 Å². The summed E-state index contributed by atoms with van der Waals surface area (Å²) in [7, 11) is 0. The van der Waals surface area contributed by atoms with Gasteiger partial charge in [-0.25, -0.2) is 0 Å². The largest absolute Gasteiger partial charge is 0.339 e. The molecule has 0 saturated carbocycles. The Balaban J connectivity index is 1.71. The van der Waals surface area contributed by atoms with Crippen LogP contribution in [0.5, 0.6) is 0 Å². The van der Waals surface area contributed by atoms with Crippen LogP contribution in [0.3, 0.4) is 0 Å². The van der Waals surface area contributed by atoms with E-state index in [4.69, 9.17) is 0 Å². The van der Waals surface area contributed by atoms with E-state index in [9.17, 15) is 14.9 Å². The highest BCUT2D eigenvalue weighted by Crippen LogP contribution is 2.28. The molecule has 0 radical (unpaired) electrons. The van der Waals surface area contributed by atoms with Crippen molar-refractivity contribution in [3.63, 3.8) is 0 Å². The van der Waals surface area contributed by atoms with Crippen molar-refractivity contribution < 1.29 is 9.72 Å². The first kappa shape index (κ1) is 20.8. The van der Waals surface area contributed by atoms with Crippen LogP contribution in [-0.2, 0) is 4.79 Å². The van der Waals surface area contributed by atoms with Gasteiger partial charge in [0.15, 0.2) is 0 Å². The summed E-state index contributed by atoms with van der Waals surface area (Å²) >= 11 is 0. The highest BCUT2D eigenvalue weighted by molar-refractivity contribution is 6.02. The van der Waals surface area contributed by atoms with E-state index in [0.29, 0.717) is 11.3 Å². The van der Waals surface area contributed by atoms with Gasteiger partial charge in [-0.3, -0.25) is 14.9 Å². The van der Waals surface area contributed by atoms with Crippen molar-refractivity contribution in [2.24, 2.45) is 0 Å². The Labute approximate surface area is 175 Å². The molecule has 6 nitrogen and oxygen atoms in total. The summed E-state index contributed by atoms with van der Waals surface area (Å²) in [5.41, 5.74) is 3.10. The molecule has 0 atom stereocenters. The topological polar surface area (TPSA) is 75.5 Å². The number of rotatable bonds is 7. The number of nitro benzene ring substituents is 1. The van der Waals surface area contributed by atoms with Gasteiger partial charge in [-0.15, -0.1) is 0 Å². The molecular formula is C24H23N3O3. The lowest BCUT2D eigenvalue weighted by Gasteiger charge is -2.29. The maximum absolute atomic E-state index is 12.2. The fourth-order valence-electron chi connectivity index (χ4n) is 3.18. The number of carbonyl (C=O) groups is 1. The van der Waals surface area contributed by atoms with E-state index in [1.807, 2.05) is 42.5 Å². The molecule has 3 aromatic carbocycles. The van der Waals surface area contributed by atoms with Crippen LogP contribution in [-0.4, -0.2) is 16.9 Å². The van der Waals surface area contributed by atoms with E-state index in [1.54, 1.807) is 18.2 Å². The molecule has 0 unspecified atom stereocenters. The molecule has 0 bridgehead atoms. The number of nitro groups is 1. The molecule has 3 aromatic rings. The number of para-hydroxylation sites is 2. The second-order valence-electron chi connectivity index (χ2n) is 6.98. The van der Waals surface area contributed by atoms with E-state index in [-0.39, 0.29) is 17.6 Å². The summed E-state index contributed by atoms with van der Waals surface area (Å²) in [6.07, 6.45) is 2.73. The minimum absolute atomic E-state index is 0.0411. The maximum atomic E-state index is 12.2. The lowest BCUT2D eigenvalue weighted by molar-refractivity contribution is -0.385. The predicted molar refractivity (Wildman–Crippen MR) is 121 cm³/mol. The number of hydrogen-bond acceptors (Lipinski definition) is 4. The number of amides is 1. The van der Waals surface area contributed by atoms with Gasteiger partial charge in [-0.05, 0) is 62.4 Å². The molecule has 0 aliphatic heterocycles. The Hall–Kier alpha value is -3.93. The molecule has 0 heterocycles. The molecule has 3 rings (SSSR count). The third-order valence-electron chi connectivity index (χ3n) is 4.51. The quantitative estimate of drug-likeness (QED) is 0.309. The van der Waals surface area contributed by atoms with Crippen LogP contribution in [0.15, 0.2) is 84.9 Å². The summed E-state index contributed by atoms with van der Waals surface area (Å²) < 4.78 is 0. The second kappa shape index (κ2) is 9.52. The predicted octanol–water partition coefficient (Wildman–Crippen LogP) is 5.79. The summed E-state index contributed by atoms with van der Waals surface area (Å²) in [4.78, 5) is 25.0. The molecule has 1 N–H and O–H groups in total. The Morgan fingerprint density at radius 3 is 2.17 bits per heavy atom. The van der Waals surface area contributed by atoms with Crippen molar-refractivity contribution in [3.05, 3.63) is 101 Å². The zero-order valence-corrected chi connectivity index (χ0v) is 16.9. The fourth-order valence-corrected chi connectivity index (χ4v) is 3.18.